The van der Waals surface area contributed by atoms with Crippen LogP contribution in [0.15, 0.2) is 30.3 Å². The standard InChI is InChI=1S/C15H19N3OS/c1-16-13(11-7-3-2-4-8-11)15-18-17-14(20-15)12-9-5-6-10-19-12/h2-4,7-8,12-13,16H,5-6,9-10H2,1H3. The number of hydrogen-bond acceptors (Lipinski definition) is 5. The summed E-state index contributed by atoms with van der Waals surface area (Å²) < 4.78 is 5.78. The van der Waals surface area contributed by atoms with Gasteiger partial charge in [0.05, 0.1) is 6.04 Å². The van der Waals surface area contributed by atoms with E-state index in [2.05, 4.69) is 27.6 Å². The third-order valence-corrected chi connectivity index (χ3v) is 4.66. The molecule has 1 aliphatic rings. The second kappa shape index (κ2) is 6.43. The smallest absolute Gasteiger partial charge is 0.146 e. The number of nitrogens with zero attached hydrogens (tertiary/aromatic N) is 2. The molecule has 1 aromatic heterocycles. The van der Waals surface area contributed by atoms with E-state index in [1.165, 1.54) is 12.0 Å². The minimum atomic E-state index is 0.103. The normalized spacial score (nSPS) is 20.8. The minimum Gasteiger partial charge on any atom is -0.371 e. The largest absolute Gasteiger partial charge is 0.371 e. The van der Waals surface area contributed by atoms with Gasteiger partial charge in [-0.2, -0.15) is 0 Å². The van der Waals surface area contributed by atoms with Gasteiger partial charge in [0.25, 0.3) is 0 Å². The van der Waals surface area contributed by atoms with Crippen LogP contribution in [-0.4, -0.2) is 23.9 Å². The zero-order valence-electron chi connectivity index (χ0n) is 11.6. The molecule has 0 saturated carbocycles. The first-order valence-electron chi connectivity index (χ1n) is 7.05. The zero-order chi connectivity index (χ0) is 13.8. The van der Waals surface area contributed by atoms with E-state index in [0.29, 0.717) is 0 Å². The molecule has 1 aliphatic heterocycles. The van der Waals surface area contributed by atoms with E-state index in [0.717, 1.165) is 29.5 Å². The van der Waals surface area contributed by atoms with Gasteiger partial charge in [-0.05, 0) is 31.9 Å². The quantitative estimate of drug-likeness (QED) is 0.939. The Morgan fingerprint density at radius 1 is 1.25 bits per heavy atom. The molecule has 1 fully saturated rings. The number of hydrogen-bond donors (Lipinski definition) is 1. The highest BCUT2D eigenvalue weighted by molar-refractivity contribution is 7.11. The molecule has 2 unspecified atom stereocenters. The van der Waals surface area contributed by atoms with Crippen LogP contribution < -0.4 is 5.32 Å². The van der Waals surface area contributed by atoms with Crippen molar-refractivity contribution in [3.8, 4) is 0 Å². The minimum absolute atomic E-state index is 0.103. The lowest BCUT2D eigenvalue weighted by molar-refractivity contribution is 0.0144. The van der Waals surface area contributed by atoms with Crippen molar-refractivity contribution in [1.29, 1.82) is 0 Å². The Bertz CT molecular complexity index is 537. The van der Waals surface area contributed by atoms with Crippen molar-refractivity contribution in [3.63, 3.8) is 0 Å². The van der Waals surface area contributed by atoms with Gasteiger partial charge in [0.2, 0.25) is 0 Å². The van der Waals surface area contributed by atoms with Crippen LogP contribution in [0.5, 0.6) is 0 Å². The lowest BCUT2D eigenvalue weighted by Crippen LogP contribution is -2.17. The van der Waals surface area contributed by atoms with Gasteiger partial charge in [0, 0.05) is 6.61 Å². The molecule has 3 rings (SSSR count). The Kier molecular flexibility index (Phi) is 4.40. The summed E-state index contributed by atoms with van der Waals surface area (Å²) in [6.45, 7) is 0.841. The summed E-state index contributed by atoms with van der Waals surface area (Å²) in [6, 6.07) is 10.4. The summed E-state index contributed by atoms with van der Waals surface area (Å²) in [5, 5.41) is 14.0. The molecule has 0 amide bonds. The van der Waals surface area contributed by atoms with Gasteiger partial charge < -0.3 is 10.1 Å². The molecule has 2 heterocycles. The first kappa shape index (κ1) is 13.7. The van der Waals surface area contributed by atoms with Crippen molar-refractivity contribution in [2.24, 2.45) is 0 Å². The van der Waals surface area contributed by atoms with Crippen LogP contribution in [0.1, 0.15) is 47.0 Å². The van der Waals surface area contributed by atoms with Crippen LogP contribution in [0.4, 0.5) is 0 Å². The molecule has 2 aromatic rings. The maximum Gasteiger partial charge on any atom is 0.146 e. The molecule has 5 heteroatoms. The number of nitrogens with one attached hydrogen (secondary N) is 1. The molecule has 1 saturated heterocycles. The van der Waals surface area contributed by atoms with E-state index >= 15 is 0 Å². The van der Waals surface area contributed by atoms with E-state index in [4.69, 9.17) is 4.74 Å². The molecule has 1 N–H and O–H groups in total. The molecule has 106 valence electrons. The fraction of sp³-hybridized carbons (Fsp3) is 0.467. The first-order valence-corrected chi connectivity index (χ1v) is 7.87. The van der Waals surface area contributed by atoms with Gasteiger partial charge in [0.1, 0.15) is 16.1 Å². The van der Waals surface area contributed by atoms with Gasteiger partial charge in [-0.3, -0.25) is 0 Å². The third kappa shape index (κ3) is 2.90. The molecule has 0 aliphatic carbocycles. The molecule has 0 bridgehead atoms. The van der Waals surface area contributed by atoms with E-state index in [-0.39, 0.29) is 12.1 Å². The van der Waals surface area contributed by atoms with Gasteiger partial charge in [-0.1, -0.05) is 41.7 Å². The van der Waals surface area contributed by atoms with Crippen LogP contribution in [0.3, 0.4) is 0 Å². The summed E-state index contributed by atoms with van der Waals surface area (Å²) >= 11 is 1.66. The lowest BCUT2D eigenvalue weighted by atomic mass is 10.1. The summed E-state index contributed by atoms with van der Waals surface area (Å²) in [4.78, 5) is 0. The highest BCUT2D eigenvalue weighted by Crippen LogP contribution is 2.32. The van der Waals surface area contributed by atoms with Crippen LogP contribution in [0, 0.1) is 0 Å². The second-order valence-corrected chi connectivity index (χ2v) is 6.01. The van der Waals surface area contributed by atoms with Crippen molar-refractivity contribution in [3.05, 3.63) is 45.9 Å². The lowest BCUT2D eigenvalue weighted by Gasteiger charge is -2.19. The van der Waals surface area contributed by atoms with E-state index in [9.17, 15) is 0 Å². The SMILES string of the molecule is CNC(c1ccccc1)c1nnc(C2CCCCO2)s1. The fourth-order valence-electron chi connectivity index (χ4n) is 2.51. The monoisotopic (exact) mass is 289 g/mol. The molecular formula is C15H19N3OS. The van der Waals surface area contributed by atoms with Crippen molar-refractivity contribution in [2.75, 3.05) is 13.7 Å². The number of ether oxygens (including phenoxy) is 1. The van der Waals surface area contributed by atoms with E-state index in [1.807, 2.05) is 25.2 Å². The fourth-order valence-corrected chi connectivity index (χ4v) is 3.57. The van der Waals surface area contributed by atoms with Crippen molar-refractivity contribution in [1.82, 2.24) is 15.5 Å². The maximum absolute atomic E-state index is 5.78. The predicted octanol–water partition coefficient (Wildman–Crippen LogP) is 3.09. The highest BCUT2D eigenvalue weighted by atomic mass is 32.1. The van der Waals surface area contributed by atoms with E-state index in [1.54, 1.807) is 11.3 Å². The van der Waals surface area contributed by atoms with Gasteiger partial charge in [0.15, 0.2) is 0 Å². The average Bonchev–Trinajstić information content (AvgIpc) is 3.00. The summed E-state index contributed by atoms with van der Waals surface area (Å²) in [7, 11) is 1.95. The van der Waals surface area contributed by atoms with Gasteiger partial charge >= 0.3 is 0 Å². The summed E-state index contributed by atoms with van der Waals surface area (Å²) in [5.41, 5.74) is 1.21. The second-order valence-electron chi connectivity index (χ2n) is 4.97. The predicted molar refractivity (Wildman–Crippen MR) is 79.8 cm³/mol. The topological polar surface area (TPSA) is 47.0 Å². The third-order valence-electron chi connectivity index (χ3n) is 3.58. The Hall–Kier alpha value is -1.30. The molecule has 0 radical (unpaired) electrons. The first-order chi connectivity index (χ1) is 9.88. The molecular weight excluding hydrogens is 270 g/mol. The Morgan fingerprint density at radius 3 is 2.80 bits per heavy atom. The van der Waals surface area contributed by atoms with Crippen LogP contribution in [-0.2, 0) is 4.74 Å². The average molecular weight is 289 g/mol. The number of aromatic nitrogens is 2. The molecule has 20 heavy (non-hydrogen) atoms. The maximum atomic E-state index is 5.78. The molecule has 4 nitrogen and oxygen atoms in total. The van der Waals surface area contributed by atoms with Crippen LogP contribution in [0.2, 0.25) is 0 Å². The van der Waals surface area contributed by atoms with Crippen molar-refractivity contribution < 1.29 is 4.74 Å². The van der Waals surface area contributed by atoms with Crippen molar-refractivity contribution >= 4 is 11.3 Å². The van der Waals surface area contributed by atoms with Gasteiger partial charge in [-0.15, -0.1) is 10.2 Å². The number of benzene rings is 1. The Morgan fingerprint density at radius 2 is 2.10 bits per heavy atom. The zero-order valence-corrected chi connectivity index (χ0v) is 12.4. The van der Waals surface area contributed by atoms with E-state index < -0.39 is 0 Å². The van der Waals surface area contributed by atoms with Crippen molar-refractivity contribution in [2.45, 2.75) is 31.4 Å². The number of rotatable bonds is 4. The molecule has 0 spiro atoms. The summed E-state index contributed by atoms with van der Waals surface area (Å²) in [6.07, 6.45) is 3.58. The Labute approximate surface area is 123 Å². The summed E-state index contributed by atoms with van der Waals surface area (Å²) in [5.74, 6) is 0. The molecule has 1 aromatic carbocycles. The Balaban J connectivity index is 1.81. The van der Waals surface area contributed by atoms with Crippen LogP contribution >= 0.6 is 11.3 Å². The van der Waals surface area contributed by atoms with Gasteiger partial charge in [-0.25, -0.2) is 0 Å². The molecule has 2 atom stereocenters. The highest BCUT2D eigenvalue weighted by Gasteiger charge is 2.23. The van der Waals surface area contributed by atoms with Crippen LogP contribution in [0.25, 0.3) is 0 Å².